The number of hydrogen-bond acceptors (Lipinski definition) is 4. The first kappa shape index (κ1) is 14.5. The lowest BCUT2D eigenvalue weighted by atomic mass is 9.97. The topological polar surface area (TPSA) is 64.2 Å². The van der Waals surface area contributed by atoms with E-state index >= 15 is 0 Å². The molecular formula is C17H22N4O2. The Balaban J connectivity index is 1.51. The van der Waals surface area contributed by atoms with Crippen LogP contribution in [0.3, 0.4) is 0 Å². The van der Waals surface area contributed by atoms with E-state index in [9.17, 15) is 4.79 Å². The van der Waals surface area contributed by atoms with Gasteiger partial charge in [-0.2, -0.15) is 4.98 Å². The molecule has 0 bridgehead atoms. The number of carbonyl (C=O) groups excluding carboxylic acids is 1. The molecule has 0 aromatic carbocycles. The van der Waals surface area contributed by atoms with Gasteiger partial charge in [0, 0.05) is 38.2 Å². The first-order chi connectivity index (χ1) is 11.1. The maximum atomic E-state index is 12.8. The third-order valence-electron chi connectivity index (χ3n) is 4.93. The number of nitrogens with zero attached hydrogens (tertiary/aromatic N) is 4. The number of aryl methyl sites for hydroxylation is 2. The van der Waals surface area contributed by atoms with Gasteiger partial charge in [-0.15, -0.1) is 0 Å². The van der Waals surface area contributed by atoms with Crippen LogP contribution >= 0.6 is 0 Å². The monoisotopic (exact) mass is 314 g/mol. The van der Waals surface area contributed by atoms with Gasteiger partial charge in [-0.1, -0.05) is 5.16 Å². The van der Waals surface area contributed by atoms with Crippen molar-refractivity contribution in [3.05, 3.63) is 35.2 Å². The molecule has 1 aliphatic heterocycles. The molecule has 1 atom stereocenters. The van der Waals surface area contributed by atoms with Gasteiger partial charge in [0.1, 0.15) is 5.69 Å². The van der Waals surface area contributed by atoms with Crippen molar-refractivity contribution in [2.75, 3.05) is 13.1 Å². The highest BCUT2D eigenvalue weighted by Crippen LogP contribution is 2.39. The van der Waals surface area contributed by atoms with Gasteiger partial charge in [0.2, 0.25) is 5.89 Å². The number of rotatable bonds is 3. The van der Waals surface area contributed by atoms with Crippen LogP contribution in [0.2, 0.25) is 0 Å². The Bertz CT molecular complexity index is 709. The molecule has 0 N–H and O–H groups in total. The summed E-state index contributed by atoms with van der Waals surface area (Å²) in [5, 5.41) is 4.16. The van der Waals surface area contributed by atoms with E-state index in [1.54, 1.807) is 0 Å². The largest absolute Gasteiger partial charge is 0.346 e. The molecule has 1 amide bonds. The summed E-state index contributed by atoms with van der Waals surface area (Å²) in [7, 11) is 1.92. The molecule has 6 heteroatoms. The Morgan fingerprint density at radius 2 is 2.13 bits per heavy atom. The van der Waals surface area contributed by atoms with E-state index < -0.39 is 0 Å². The van der Waals surface area contributed by atoms with Crippen molar-refractivity contribution in [1.29, 1.82) is 0 Å². The third kappa shape index (κ3) is 2.66. The summed E-state index contributed by atoms with van der Waals surface area (Å²) in [4.78, 5) is 19.3. The summed E-state index contributed by atoms with van der Waals surface area (Å²) < 4.78 is 7.28. The third-order valence-corrected chi connectivity index (χ3v) is 4.93. The van der Waals surface area contributed by atoms with Crippen LogP contribution in [-0.2, 0) is 7.05 Å². The lowest BCUT2D eigenvalue weighted by molar-refractivity contribution is 0.0693. The van der Waals surface area contributed by atoms with Gasteiger partial charge in [0.05, 0.1) is 0 Å². The Labute approximate surface area is 135 Å². The minimum absolute atomic E-state index is 0.102. The second kappa shape index (κ2) is 5.51. The van der Waals surface area contributed by atoms with Crippen molar-refractivity contribution in [3.8, 4) is 0 Å². The SMILES string of the molecule is Cc1ccn(C)c1C(=O)N1CCCC(c2noc(C3CC3)n2)C1. The normalized spacial score (nSPS) is 21.7. The van der Waals surface area contributed by atoms with Gasteiger partial charge in [-0.3, -0.25) is 4.79 Å². The van der Waals surface area contributed by atoms with E-state index in [1.807, 2.05) is 35.7 Å². The molecule has 23 heavy (non-hydrogen) atoms. The van der Waals surface area contributed by atoms with Gasteiger partial charge in [0.25, 0.3) is 5.91 Å². The predicted octanol–water partition coefficient (Wildman–Crippen LogP) is 2.61. The molecule has 2 aromatic heterocycles. The average molecular weight is 314 g/mol. The van der Waals surface area contributed by atoms with Crippen molar-refractivity contribution in [2.24, 2.45) is 7.05 Å². The fraction of sp³-hybridized carbons (Fsp3) is 0.588. The quantitative estimate of drug-likeness (QED) is 0.873. The van der Waals surface area contributed by atoms with E-state index in [2.05, 4.69) is 10.1 Å². The first-order valence-corrected chi connectivity index (χ1v) is 8.38. The average Bonchev–Trinajstić information content (AvgIpc) is 3.20. The summed E-state index contributed by atoms with van der Waals surface area (Å²) in [6.45, 7) is 3.45. The number of piperidine rings is 1. The van der Waals surface area contributed by atoms with Crippen LogP contribution < -0.4 is 0 Å². The molecule has 4 rings (SSSR count). The molecule has 6 nitrogen and oxygen atoms in total. The number of aromatic nitrogens is 3. The maximum absolute atomic E-state index is 12.8. The Morgan fingerprint density at radius 3 is 2.83 bits per heavy atom. The highest BCUT2D eigenvalue weighted by atomic mass is 16.5. The summed E-state index contributed by atoms with van der Waals surface area (Å²) in [5.74, 6) is 2.31. The standard InChI is InChI=1S/C17H22N4O2/c1-11-7-9-20(2)14(11)17(22)21-8-3-4-13(10-21)15-18-16(23-19-15)12-5-6-12/h7,9,12-13H,3-6,8,10H2,1-2H3. The van der Waals surface area contributed by atoms with Gasteiger partial charge >= 0.3 is 0 Å². The summed E-state index contributed by atoms with van der Waals surface area (Å²) in [5.41, 5.74) is 1.80. The zero-order chi connectivity index (χ0) is 16.0. The Morgan fingerprint density at radius 1 is 1.30 bits per heavy atom. The fourth-order valence-corrected chi connectivity index (χ4v) is 3.41. The fourth-order valence-electron chi connectivity index (χ4n) is 3.41. The molecule has 1 unspecified atom stereocenters. The van der Waals surface area contributed by atoms with Gasteiger partial charge < -0.3 is 14.0 Å². The number of likely N-dealkylation sites (tertiary alicyclic amines) is 1. The van der Waals surface area contributed by atoms with Crippen LogP contribution in [0.1, 0.15) is 65.3 Å². The zero-order valence-electron chi connectivity index (χ0n) is 13.7. The summed E-state index contributed by atoms with van der Waals surface area (Å²) >= 11 is 0. The molecule has 1 saturated carbocycles. The molecule has 122 valence electrons. The Hall–Kier alpha value is -2.11. The van der Waals surface area contributed by atoms with E-state index in [1.165, 1.54) is 0 Å². The minimum atomic E-state index is 0.102. The maximum Gasteiger partial charge on any atom is 0.270 e. The highest BCUT2D eigenvalue weighted by molar-refractivity contribution is 5.94. The summed E-state index contributed by atoms with van der Waals surface area (Å²) in [6, 6.07) is 1.98. The Kier molecular flexibility index (Phi) is 3.47. The van der Waals surface area contributed by atoms with Crippen LogP contribution in [0, 0.1) is 6.92 Å². The van der Waals surface area contributed by atoms with Crippen LogP contribution in [0.5, 0.6) is 0 Å². The first-order valence-electron chi connectivity index (χ1n) is 8.38. The van der Waals surface area contributed by atoms with E-state index in [4.69, 9.17) is 4.52 Å². The van der Waals surface area contributed by atoms with Gasteiger partial charge in [-0.25, -0.2) is 0 Å². The molecule has 2 aliphatic rings. The minimum Gasteiger partial charge on any atom is -0.346 e. The molecule has 0 spiro atoms. The van der Waals surface area contributed by atoms with Crippen molar-refractivity contribution in [2.45, 2.75) is 44.4 Å². The van der Waals surface area contributed by atoms with E-state index in [-0.39, 0.29) is 11.8 Å². The molecule has 0 radical (unpaired) electrons. The lowest BCUT2D eigenvalue weighted by Crippen LogP contribution is -2.40. The molecule has 2 aromatic rings. The van der Waals surface area contributed by atoms with Crippen LogP contribution in [0.4, 0.5) is 0 Å². The number of carbonyl (C=O) groups is 1. The molecular weight excluding hydrogens is 292 g/mol. The van der Waals surface area contributed by atoms with Gasteiger partial charge in [0.15, 0.2) is 5.82 Å². The van der Waals surface area contributed by atoms with Gasteiger partial charge in [-0.05, 0) is 44.2 Å². The lowest BCUT2D eigenvalue weighted by Gasteiger charge is -2.31. The molecule has 1 saturated heterocycles. The smallest absolute Gasteiger partial charge is 0.270 e. The second-order valence-corrected chi connectivity index (χ2v) is 6.81. The van der Waals surface area contributed by atoms with Crippen molar-refractivity contribution in [3.63, 3.8) is 0 Å². The van der Waals surface area contributed by atoms with Crippen LogP contribution in [0.25, 0.3) is 0 Å². The zero-order valence-corrected chi connectivity index (χ0v) is 13.7. The van der Waals surface area contributed by atoms with Crippen molar-refractivity contribution in [1.82, 2.24) is 19.6 Å². The number of hydrogen-bond donors (Lipinski definition) is 0. The number of amides is 1. The molecule has 1 aliphatic carbocycles. The molecule has 3 heterocycles. The predicted molar refractivity (Wildman–Crippen MR) is 84.3 cm³/mol. The van der Waals surface area contributed by atoms with Crippen molar-refractivity contribution < 1.29 is 9.32 Å². The van der Waals surface area contributed by atoms with Crippen LogP contribution in [0.15, 0.2) is 16.8 Å². The summed E-state index contributed by atoms with van der Waals surface area (Å²) in [6.07, 6.45) is 6.24. The second-order valence-electron chi connectivity index (χ2n) is 6.81. The van der Waals surface area contributed by atoms with Crippen LogP contribution in [-0.4, -0.2) is 38.6 Å². The van der Waals surface area contributed by atoms with E-state index in [0.29, 0.717) is 12.5 Å². The van der Waals surface area contributed by atoms with Crippen molar-refractivity contribution >= 4 is 5.91 Å². The molecule has 2 fully saturated rings. The highest BCUT2D eigenvalue weighted by Gasteiger charge is 2.33. The van der Waals surface area contributed by atoms with E-state index in [0.717, 1.165) is 55.2 Å².